The maximum absolute atomic E-state index is 8.56. The number of hydrogen-bond donors (Lipinski definition) is 3. The second-order valence-corrected chi connectivity index (χ2v) is 3.18. The van der Waals surface area contributed by atoms with Gasteiger partial charge in [-0.3, -0.25) is 5.41 Å². The molecule has 3 nitrogen and oxygen atoms in total. The van der Waals surface area contributed by atoms with Crippen molar-refractivity contribution in [1.82, 2.24) is 0 Å². The van der Waals surface area contributed by atoms with Gasteiger partial charge in [0, 0.05) is 11.3 Å². The topological polar surface area (TPSA) is 70.1 Å². The standard InChI is InChI=1S/C8H10N2OS/c9-7-3-1-2-6(4-7)8(10)12-5-11/h1-4,10-11H,5,9H2. The molecule has 0 aromatic heterocycles. The molecule has 0 spiro atoms. The first-order chi connectivity index (χ1) is 5.74. The summed E-state index contributed by atoms with van der Waals surface area (Å²) in [6.45, 7) is 0. The number of nitrogens with two attached hydrogens (primary N) is 1. The molecule has 0 saturated heterocycles. The molecule has 0 unspecified atom stereocenters. The van der Waals surface area contributed by atoms with Crippen molar-refractivity contribution in [3.05, 3.63) is 29.8 Å². The summed E-state index contributed by atoms with van der Waals surface area (Å²) in [4.78, 5) is 0. The molecule has 0 amide bonds. The van der Waals surface area contributed by atoms with Gasteiger partial charge in [0.15, 0.2) is 0 Å². The van der Waals surface area contributed by atoms with Crippen molar-refractivity contribution in [2.45, 2.75) is 0 Å². The van der Waals surface area contributed by atoms with E-state index in [1.54, 1.807) is 24.3 Å². The van der Waals surface area contributed by atoms with Gasteiger partial charge in [-0.15, -0.1) is 0 Å². The molecular formula is C8H10N2OS. The van der Waals surface area contributed by atoms with Crippen molar-refractivity contribution < 1.29 is 5.11 Å². The molecule has 0 atom stereocenters. The van der Waals surface area contributed by atoms with Gasteiger partial charge < -0.3 is 10.8 Å². The van der Waals surface area contributed by atoms with Crippen LogP contribution in [0.4, 0.5) is 5.69 Å². The Labute approximate surface area is 75.1 Å². The lowest BCUT2D eigenvalue weighted by Gasteiger charge is -2.01. The predicted octanol–water partition coefficient (Wildman–Crippen LogP) is 1.28. The third-order valence-corrected chi connectivity index (χ3v) is 2.01. The van der Waals surface area contributed by atoms with E-state index in [0.29, 0.717) is 10.7 Å². The Morgan fingerprint density at radius 1 is 1.58 bits per heavy atom. The highest BCUT2D eigenvalue weighted by Gasteiger charge is 2.00. The first-order valence-electron chi connectivity index (χ1n) is 3.42. The molecule has 0 fully saturated rings. The zero-order valence-corrected chi connectivity index (χ0v) is 7.27. The molecule has 0 aliphatic heterocycles. The maximum Gasteiger partial charge on any atom is 0.0965 e. The summed E-state index contributed by atoms with van der Waals surface area (Å²) >= 11 is 1.08. The molecule has 1 aromatic rings. The molecule has 0 saturated carbocycles. The fourth-order valence-corrected chi connectivity index (χ4v) is 1.25. The van der Waals surface area contributed by atoms with Gasteiger partial charge in [-0.25, -0.2) is 0 Å². The summed E-state index contributed by atoms with van der Waals surface area (Å²) in [5.74, 6) is -0.0758. The number of hydrogen-bond acceptors (Lipinski definition) is 4. The first kappa shape index (κ1) is 9.09. The van der Waals surface area contributed by atoms with Gasteiger partial charge >= 0.3 is 0 Å². The smallest absolute Gasteiger partial charge is 0.0965 e. The molecule has 64 valence electrons. The van der Waals surface area contributed by atoms with E-state index in [1.165, 1.54) is 0 Å². The average Bonchev–Trinajstić information content (AvgIpc) is 2.05. The molecule has 0 aliphatic rings. The van der Waals surface area contributed by atoms with E-state index < -0.39 is 0 Å². The minimum absolute atomic E-state index is 0.0758. The normalized spacial score (nSPS) is 9.75. The number of nitrogen functional groups attached to an aromatic ring is 1. The van der Waals surface area contributed by atoms with Gasteiger partial charge in [-0.1, -0.05) is 23.9 Å². The van der Waals surface area contributed by atoms with Gasteiger partial charge in [0.25, 0.3) is 0 Å². The molecule has 0 aliphatic carbocycles. The van der Waals surface area contributed by atoms with Crippen LogP contribution in [0.3, 0.4) is 0 Å². The van der Waals surface area contributed by atoms with Gasteiger partial charge in [-0.2, -0.15) is 0 Å². The van der Waals surface area contributed by atoms with Gasteiger partial charge in [-0.05, 0) is 12.1 Å². The van der Waals surface area contributed by atoms with Crippen molar-refractivity contribution in [2.24, 2.45) is 0 Å². The highest BCUT2D eigenvalue weighted by Crippen LogP contribution is 2.13. The molecule has 0 radical (unpaired) electrons. The maximum atomic E-state index is 8.56. The fourth-order valence-electron chi connectivity index (χ4n) is 0.828. The third-order valence-electron chi connectivity index (χ3n) is 1.36. The van der Waals surface area contributed by atoms with E-state index in [1.807, 2.05) is 0 Å². The van der Waals surface area contributed by atoms with E-state index in [9.17, 15) is 0 Å². The second kappa shape index (κ2) is 4.13. The van der Waals surface area contributed by atoms with Crippen LogP contribution in [-0.2, 0) is 0 Å². The average molecular weight is 182 g/mol. The molecule has 12 heavy (non-hydrogen) atoms. The number of benzene rings is 1. The largest absolute Gasteiger partial charge is 0.399 e. The lowest BCUT2D eigenvalue weighted by molar-refractivity contribution is 0.376. The Bertz CT molecular complexity index is 288. The van der Waals surface area contributed by atoms with Crippen molar-refractivity contribution in [3.8, 4) is 0 Å². The Morgan fingerprint density at radius 3 is 2.92 bits per heavy atom. The lowest BCUT2D eigenvalue weighted by Crippen LogP contribution is -1.95. The highest BCUT2D eigenvalue weighted by molar-refractivity contribution is 8.14. The predicted molar refractivity (Wildman–Crippen MR) is 52.4 cm³/mol. The Kier molecular flexibility index (Phi) is 3.13. The first-order valence-corrected chi connectivity index (χ1v) is 4.40. The minimum atomic E-state index is -0.0758. The quantitative estimate of drug-likeness (QED) is 0.279. The summed E-state index contributed by atoms with van der Waals surface area (Å²) in [5.41, 5.74) is 6.90. The molecular weight excluding hydrogens is 172 g/mol. The van der Waals surface area contributed by atoms with E-state index >= 15 is 0 Å². The molecule has 1 aromatic carbocycles. The Hall–Kier alpha value is -1.00. The van der Waals surface area contributed by atoms with Crippen LogP contribution in [0.5, 0.6) is 0 Å². The minimum Gasteiger partial charge on any atom is -0.399 e. The molecule has 0 bridgehead atoms. The van der Waals surface area contributed by atoms with Crippen LogP contribution in [0.15, 0.2) is 24.3 Å². The number of nitrogens with one attached hydrogen (secondary N) is 1. The van der Waals surface area contributed by atoms with Gasteiger partial charge in [0.1, 0.15) is 0 Å². The van der Waals surface area contributed by atoms with E-state index in [0.717, 1.165) is 17.3 Å². The van der Waals surface area contributed by atoms with Crippen LogP contribution in [0.25, 0.3) is 0 Å². The summed E-state index contributed by atoms with van der Waals surface area (Å²) < 4.78 is 0. The molecule has 4 heteroatoms. The number of rotatable bonds is 2. The van der Waals surface area contributed by atoms with Crippen LogP contribution in [-0.4, -0.2) is 16.1 Å². The van der Waals surface area contributed by atoms with E-state index in [4.69, 9.17) is 16.2 Å². The summed E-state index contributed by atoms with van der Waals surface area (Å²) in [5, 5.41) is 16.4. The van der Waals surface area contributed by atoms with Crippen molar-refractivity contribution in [2.75, 3.05) is 11.7 Å². The van der Waals surface area contributed by atoms with Crippen LogP contribution in [0, 0.1) is 5.41 Å². The van der Waals surface area contributed by atoms with Crippen molar-refractivity contribution >= 4 is 22.5 Å². The lowest BCUT2D eigenvalue weighted by atomic mass is 10.2. The number of aliphatic hydroxyl groups excluding tert-OH is 1. The van der Waals surface area contributed by atoms with Gasteiger partial charge in [0.2, 0.25) is 0 Å². The van der Waals surface area contributed by atoms with Crippen LogP contribution < -0.4 is 5.73 Å². The third kappa shape index (κ3) is 2.25. The van der Waals surface area contributed by atoms with Crippen LogP contribution in [0.1, 0.15) is 5.56 Å². The second-order valence-electron chi connectivity index (χ2n) is 2.23. The SMILES string of the molecule is N=C(SCO)c1cccc(N)c1. The van der Waals surface area contributed by atoms with Gasteiger partial charge in [0.05, 0.1) is 11.0 Å². The zero-order chi connectivity index (χ0) is 8.97. The number of thioether (sulfide) groups is 1. The monoisotopic (exact) mass is 182 g/mol. The molecule has 1 rings (SSSR count). The summed E-state index contributed by atoms with van der Waals surface area (Å²) in [6, 6.07) is 7.06. The molecule has 4 N–H and O–H groups in total. The summed E-state index contributed by atoms with van der Waals surface area (Å²) in [6.07, 6.45) is 0. The van der Waals surface area contributed by atoms with Crippen molar-refractivity contribution in [1.29, 1.82) is 5.41 Å². The number of aliphatic hydroxyl groups is 1. The van der Waals surface area contributed by atoms with E-state index in [2.05, 4.69) is 0 Å². The van der Waals surface area contributed by atoms with Crippen molar-refractivity contribution in [3.63, 3.8) is 0 Å². The Balaban J connectivity index is 2.81. The Morgan fingerprint density at radius 2 is 2.33 bits per heavy atom. The van der Waals surface area contributed by atoms with E-state index in [-0.39, 0.29) is 5.94 Å². The van der Waals surface area contributed by atoms with Crippen LogP contribution in [0.2, 0.25) is 0 Å². The zero-order valence-electron chi connectivity index (χ0n) is 6.45. The molecule has 0 heterocycles. The fraction of sp³-hybridized carbons (Fsp3) is 0.125. The summed E-state index contributed by atoms with van der Waals surface area (Å²) in [7, 11) is 0. The number of anilines is 1. The van der Waals surface area contributed by atoms with Crippen LogP contribution >= 0.6 is 11.8 Å². The highest BCUT2D eigenvalue weighted by atomic mass is 32.2.